The van der Waals surface area contributed by atoms with Gasteiger partial charge in [-0.2, -0.15) is 4.31 Å². The van der Waals surface area contributed by atoms with Crippen molar-refractivity contribution in [2.75, 3.05) is 6.54 Å². The van der Waals surface area contributed by atoms with Crippen LogP contribution in [0.25, 0.3) is 0 Å². The summed E-state index contributed by atoms with van der Waals surface area (Å²) in [6, 6.07) is 2.14. The molecule has 1 atom stereocenters. The van der Waals surface area contributed by atoms with Crippen molar-refractivity contribution >= 4 is 33.6 Å². The molecule has 7 nitrogen and oxygen atoms in total. The van der Waals surface area contributed by atoms with Crippen LogP contribution >= 0.6 is 11.6 Å². The first kappa shape index (κ1) is 15.7. The molecule has 2 N–H and O–H groups in total. The number of aromatic carboxylic acids is 1. The molecule has 1 saturated heterocycles. The van der Waals surface area contributed by atoms with E-state index in [1.54, 1.807) is 0 Å². The summed E-state index contributed by atoms with van der Waals surface area (Å²) < 4.78 is 25.9. The monoisotopic (exact) mass is 333 g/mol. The summed E-state index contributed by atoms with van der Waals surface area (Å²) in [4.78, 5) is 21.7. The van der Waals surface area contributed by atoms with Gasteiger partial charge >= 0.3 is 11.9 Å². The van der Waals surface area contributed by atoms with Crippen LogP contribution in [0.1, 0.15) is 23.2 Å². The molecule has 1 aromatic carbocycles. The summed E-state index contributed by atoms with van der Waals surface area (Å²) in [6.45, 7) is 0.0624. The van der Waals surface area contributed by atoms with Crippen molar-refractivity contribution in [1.29, 1.82) is 0 Å². The summed E-state index contributed by atoms with van der Waals surface area (Å²) in [5.74, 6) is -2.53. The van der Waals surface area contributed by atoms with Crippen LogP contribution in [0.4, 0.5) is 0 Å². The predicted octanol–water partition coefficient (Wildman–Crippen LogP) is 1.28. The molecular weight excluding hydrogens is 322 g/mol. The Morgan fingerprint density at radius 2 is 1.95 bits per heavy atom. The third-order valence-corrected chi connectivity index (χ3v) is 5.64. The molecule has 0 amide bonds. The zero-order chi connectivity index (χ0) is 15.8. The average molecular weight is 334 g/mol. The summed E-state index contributed by atoms with van der Waals surface area (Å²) >= 11 is 5.84. The largest absolute Gasteiger partial charge is 0.480 e. The number of carboxylic acids is 2. The van der Waals surface area contributed by atoms with Gasteiger partial charge in [-0.3, -0.25) is 4.79 Å². The Morgan fingerprint density at radius 3 is 2.52 bits per heavy atom. The highest BCUT2D eigenvalue weighted by atomic mass is 35.5. The van der Waals surface area contributed by atoms with Crippen molar-refractivity contribution in [2.45, 2.75) is 23.8 Å². The Hall–Kier alpha value is -1.64. The van der Waals surface area contributed by atoms with Crippen LogP contribution in [0, 0.1) is 0 Å². The minimum atomic E-state index is -4.16. The number of carboxylic acid groups (broad SMARTS) is 2. The van der Waals surface area contributed by atoms with Crippen LogP contribution in [-0.4, -0.2) is 47.5 Å². The van der Waals surface area contributed by atoms with Gasteiger partial charge in [0.25, 0.3) is 0 Å². The summed E-state index contributed by atoms with van der Waals surface area (Å²) in [5, 5.41) is 17.9. The highest BCUT2D eigenvalue weighted by Gasteiger charge is 2.40. The predicted molar refractivity (Wildman–Crippen MR) is 73.0 cm³/mol. The number of hydrogen-bond donors (Lipinski definition) is 2. The van der Waals surface area contributed by atoms with E-state index in [0.29, 0.717) is 6.42 Å². The number of nitrogens with zero attached hydrogens (tertiary/aromatic N) is 1. The lowest BCUT2D eigenvalue weighted by molar-refractivity contribution is -0.140. The number of benzene rings is 1. The van der Waals surface area contributed by atoms with E-state index in [9.17, 15) is 18.0 Å². The maximum absolute atomic E-state index is 12.5. The number of sulfonamides is 1. The SMILES string of the molecule is O=C(O)c1ccc(Cl)c(S(=O)(=O)N2CCC[C@@H]2C(=O)O)c1. The first-order chi connectivity index (χ1) is 9.75. The van der Waals surface area contributed by atoms with Gasteiger partial charge in [-0.1, -0.05) is 11.6 Å². The van der Waals surface area contributed by atoms with E-state index >= 15 is 0 Å². The zero-order valence-electron chi connectivity index (χ0n) is 10.7. The quantitative estimate of drug-likeness (QED) is 0.858. The zero-order valence-corrected chi connectivity index (χ0v) is 12.3. The van der Waals surface area contributed by atoms with E-state index in [1.807, 2.05) is 0 Å². The lowest BCUT2D eigenvalue weighted by Gasteiger charge is -2.21. The molecule has 0 saturated carbocycles. The Bertz CT molecular complexity index is 702. The third-order valence-electron chi connectivity index (χ3n) is 3.25. The molecule has 21 heavy (non-hydrogen) atoms. The van der Waals surface area contributed by atoms with Gasteiger partial charge in [0.2, 0.25) is 10.0 Å². The maximum atomic E-state index is 12.5. The molecule has 0 radical (unpaired) electrons. The van der Waals surface area contributed by atoms with Crippen LogP contribution in [0.15, 0.2) is 23.1 Å². The second-order valence-corrected chi connectivity index (χ2v) is 6.83. The van der Waals surface area contributed by atoms with Gasteiger partial charge in [0.15, 0.2) is 0 Å². The molecule has 1 fully saturated rings. The molecule has 0 bridgehead atoms. The van der Waals surface area contributed by atoms with E-state index in [0.717, 1.165) is 10.4 Å². The molecule has 114 valence electrons. The van der Waals surface area contributed by atoms with E-state index in [-0.39, 0.29) is 23.6 Å². The van der Waals surface area contributed by atoms with Crippen LogP contribution in [0.2, 0.25) is 5.02 Å². The Balaban J connectivity index is 2.51. The van der Waals surface area contributed by atoms with Crippen LogP contribution in [0.5, 0.6) is 0 Å². The first-order valence-electron chi connectivity index (χ1n) is 6.02. The number of hydrogen-bond acceptors (Lipinski definition) is 4. The van der Waals surface area contributed by atoms with Gasteiger partial charge in [-0.15, -0.1) is 0 Å². The third kappa shape index (κ3) is 2.87. The van der Waals surface area contributed by atoms with Gasteiger partial charge in [0.1, 0.15) is 10.9 Å². The van der Waals surface area contributed by atoms with Gasteiger partial charge in [0.05, 0.1) is 10.6 Å². The Labute approximate surface area is 125 Å². The molecule has 0 aliphatic carbocycles. The van der Waals surface area contributed by atoms with Crippen molar-refractivity contribution in [1.82, 2.24) is 4.31 Å². The van der Waals surface area contributed by atoms with Crippen LogP contribution in [-0.2, 0) is 14.8 Å². The smallest absolute Gasteiger partial charge is 0.335 e. The van der Waals surface area contributed by atoms with Crippen molar-refractivity contribution in [2.24, 2.45) is 0 Å². The van der Waals surface area contributed by atoms with Crippen LogP contribution in [0.3, 0.4) is 0 Å². The topological polar surface area (TPSA) is 112 Å². The molecule has 2 rings (SSSR count). The van der Waals surface area contributed by atoms with Crippen molar-refractivity contribution < 1.29 is 28.2 Å². The van der Waals surface area contributed by atoms with Crippen molar-refractivity contribution in [3.05, 3.63) is 28.8 Å². The summed E-state index contributed by atoms with van der Waals surface area (Å²) in [6.07, 6.45) is 0.636. The highest BCUT2D eigenvalue weighted by Crippen LogP contribution is 2.31. The van der Waals surface area contributed by atoms with Gasteiger partial charge < -0.3 is 10.2 Å². The molecule has 1 aliphatic rings. The molecule has 0 spiro atoms. The normalized spacial score (nSPS) is 19.6. The fourth-order valence-corrected chi connectivity index (χ4v) is 4.39. The van der Waals surface area contributed by atoms with E-state index in [2.05, 4.69) is 0 Å². The minimum absolute atomic E-state index is 0.0624. The minimum Gasteiger partial charge on any atom is -0.480 e. The lowest BCUT2D eigenvalue weighted by atomic mass is 10.2. The highest BCUT2D eigenvalue weighted by molar-refractivity contribution is 7.89. The lowest BCUT2D eigenvalue weighted by Crippen LogP contribution is -2.40. The number of rotatable bonds is 4. The summed E-state index contributed by atoms with van der Waals surface area (Å²) in [5.41, 5.74) is -0.232. The van der Waals surface area contributed by atoms with E-state index in [1.165, 1.54) is 12.1 Å². The van der Waals surface area contributed by atoms with Crippen molar-refractivity contribution in [3.8, 4) is 0 Å². The standard InChI is InChI=1S/C12H12ClNO6S/c13-8-4-3-7(11(15)16)6-10(8)21(19,20)14-5-1-2-9(14)12(17)18/h3-4,6,9H,1-2,5H2,(H,15,16)(H,17,18)/t9-/m1/s1. The molecule has 0 unspecified atom stereocenters. The molecule has 1 aromatic rings. The average Bonchev–Trinajstić information content (AvgIpc) is 2.88. The fourth-order valence-electron chi connectivity index (χ4n) is 2.24. The van der Waals surface area contributed by atoms with Gasteiger partial charge in [-0.05, 0) is 31.0 Å². The summed E-state index contributed by atoms with van der Waals surface area (Å²) in [7, 11) is -4.16. The molecule has 9 heteroatoms. The fraction of sp³-hybridized carbons (Fsp3) is 0.333. The van der Waals surface area contributed by atoms with E-state index < -0.39 is 32.9 Å². The molecule has 1 heterocycles. The number of halogens is 1. The van der Waals surface area contributed by atoms with Gasteiger partial charge in [0, 0.05) is 6.54 Å². The van der Waals surface area contributed by atoms with Gasteiger partial charge in [-0.25, -0.2) is 13.2 Å². The van der Waals surface area contributed by atoms with Crippen molar-refractivity contribution in [3.63, 3.8) is 0 Å². The first-order valence-corrected chi connectivity index (χ1v) is 7.84. The maximum Gasteiger partial charge on any atom is 0.335 e. The second kappa shape index (κ2) is 5.63. The molecular formula is C12H12ClNO6S. The Morgan fingerprint density at radius 1 is 1.29 bits per heavy atom. The number of carbonyl (C=O) groups is 2. The second-order valence-electron chi connectivity index (χ2n) is 4.56. The van der Waals surface area contributed by atoms with E-state index in [4.69, 9.17) is 21.8 Å². The number of aliphatic carboxylic acids is 1. The Kier molecular flexibility index (Phi) is 4.22. The molecule has 1 aliphatic heterocycles. The molecule has 0 aromatic heterocycles. The van der Waals surface area contributed by atoms with Crippen LogP contribution < -0.4 is 0 Å².